The topological polar surface area (TPSA) is 47.6 Å². The maximum absolute atomic E-state index is 12.5. The van der Waals surface area contributed by atoms with E-state index in [9.17, 15) is 4.79 Å². The van der Waals surface area contributed by atoms with Crippen molar-refractivity contribution in [1.29, 1.82) is 0 Å². The predicted octanol–water partition coefficient (Wildman–Crippen LogP) is 4.76. The number of hydrogen-bond acceptors (Lipinski definition) is 4. The molecule has 1 N–H and O–H groups in total. The zero-order valence-electron chi connectivity index (χ0n) is 13.8. The van der Waals surface area contributed by atoms with Crippen molar-refractivity contribution in [2.45, 2.75) is 18.3 Å². The number of amides is 1. The molecule has 1 amide bonds. The van der Waals surface area contributed by atoms with Gasteiger partial charge in [0.25, 0.3) is 5.91 Å². The highest BCUT2D eigenvalue weighted by molar-refractivity contribution is 9.13. The van der Waals surface area contributed by atoms with Gasteiger partial charge in [-0.25, -0.2) is 0 Å². The Bertz CT molecular complexity index is 720. The molecule has 0 bridgehead atoms. The minimum atomic E-state index is -0.105. The molecule has 1 aliphatic rings. The molecule has 2 aromatic rings. The third-order valence-electron chi connectivity index (χ3n) is 4.61. The van der Waals surface area contributed by atoms with Crippen LogP contribution in [0, 0.1) is 0 Å². The van der Waals surface area contributed by atoms with Crippen LogP contribution in [-0.2, 0) is 10.2 Å². The highest BCUT2D eigenvalue weighted by Crippen LogP contribution is 2.36. The summed E-state index contributed by atoms with van der Waals surface area (Å²) in [6, 6.07) is 9.97. The molecule has 7 heteroatoms. The number of carbonyl (C=O) groups is 1. The van der Waals surface area contributed by atoms with Crippen LogP contribution in [0.4, 0.5) is 0 Å². The van der Waals surface area contributed by atoms with E-state index in [0.29, 0.717) is 24.6 Å². The second-order valence-electron chi connectivity index (χ2n) is 6.04. The van der Waals surface area contributed by atoms with Gasteiger partial charge < -0.3 is 14.8 Å². The van der Waals surface area contributed by atoms with Crippen molar-refractivity contribution >= 4 is 49.1 Å². The highest BCUT2D eigenvalue weighted by Gasteiger charge is 2.35. The Hall–Kier alpha value is -0.890. The fourth-order valence-corrected chi connectivity index (χ4v) is 5.02. The van der Waals surface area contributed by atoms with Crippen LogP contribution in [-0.4, -0.2) is 32.8 Å². The second-order valence-corrected chi connectivity index (χ2v) is 9.26. The molecule has 1 aromatic heterocycles. The van der Waals surface area contributed by atoms with E-state index in [-0.39, 0.29) is 11.3 Å². The SMILES string of the molecule is COc1ccc(C2(CNC(=O)c3cc(Br)c(Br)s3)CCOCC2)cc1. The minimum absolute atomic E-state index is 0.0456. The number of rotatable bonds is 5. The Morgan fingerprint density at radius 2 is 1.96 bits per heavy atom. The molecule has 2 heterocycles. The number of thiophene rings is 1. The van der Waals surface area contributed by atoms with Crippen molar-refractivity contribution in [1.82, 2.24) is 5.32 Å². The molecule has 25 heavy (non-hydrogen) atoms. The number of ether oxygens (including phenoxy) is 2. The monoisotopic (exact) mass is 487 g/mol. The van der Waals surface area contributed by atoms with Crippen LogP contribution >= 0.6 is 43.2 Å². The molecule has 4 nitrogen and oxygen atoms in total. The average Bonchev–Trinajstić information content (AvgIpc) is 2.99. The van der Waals surface area contributed by atoms with Gasteiger partial charge in [0.15, 0.2) is 0 Å². The van der Waals surface area contributed by atoms with Gasteiger partial charge in [0.05, 0.1) is 15.8 Å². The summed E-state index contributed by atoms with van der Waals surface area (Å²) in [5.41, 5.74) is 1.11. The summed E-state index contributed by atoms with van der Waals surface area (Å²) in [6.07, 6.45) is 1.77. The van der Waals surface area contributed by atoms with Gasteiger partial charge in [-0.05, 0) is 68.5 Å². The van der Waals surface area contributed by atoms with Crippen molar-refractivity contribution in [3.63, 3.8) is 0 Å². The zero-order chi connectivity index (χ0) is 17.9. The van der Waals surface area contributed by atoms with E-state index in [1.165, 1.54) is 16.9 Å². The molecule has 1 aromatic carbocycles. The standard InChI is InChI=1S/C18H19Br2NO3S/c1-23-13-4-2-12(3-5-13)18(6-8-24-9-7-18)11-21-17(22)15-10-14(19)16(20)25-15/h2-5,10H,6-9,11H2,1H3,(H,21,22). The van der Waals surface area contributed by atoms with E-state index in [1.807, 2.05) is 18.2 Å². The molecular formula is C18H19Br2NO3S. The van der Waals surface area contributed by atoms with Gasteiger partial charge in [0.2, 0.25) is 0 Å². The Kier molecular flexibility index (Phi) is 6.20. The maximum atomic E-state index is 12.5. The third kappa shape index (κ3) is 4.27. The summed E-state index contributed by atoms with van der Waals surface area (Å²) in [6.45, 7) is 2.00. The van der Waals surface area contributed by atoms with Crippen molar-refractivity contribution < 1.29 is 14.3 Å². The first-order chi connectivity index (χ1) is 12.0. The van der Waals surface area contributed by atoms with E-state index in [0.717, 1.165) is 26.9 Å². The lowest BCUT2D eigenvalue weighted by atomic mass is 9.74. The number of benzene rings is 1. The molecule has 0 atom stereocenters. The van der Waals surface area contributed by atoms with Crippen LogP contribution < -0.4 is 10.1 Å². The van der Waals surface area contributed by atoms with E-state index in [1.54, 1.807) is 7.11 Å². The summed E-state index contributed by atoms with van der Waals surface area (Å²) >= 11 is 8.29. The fraction of sp³-hybridized carbons (Fsp3) is 0.389. The molecule has 0 unspecified atom stereocenters. The highest BCUT2D eigenvalue weighted by atomic mass is 79.9. The summed E-state index contributed by atoms with van der Waals surface area (Å²) in [5, 5.41) is 3.12. The van der Waals surface area contributed by atoms with Crippen LogP contribution in [0.5, 0.6) is 5.75 Å². The quantitative estimate of drug-likeness (QED) is 0.659. The van der Waals surface area contributed by atoms with Gasteiger partial charge in [-0.1, -0.05) is 12.1 Å². The lowest BCUT2D eigenvalue weighted by molar-refractivity contribution is 0.0487. The Morgan fingerprint density at radius 3 is 2.52 bits per heavy atom. The number of halogens is 2. The van der Waals surface area contributed by atoms with E-state index in [2.05, 4.69) is 49.3 Å². The molecule has 134 valence electrons. The van der Waals surface area contributed by atoms with Crippen LogP contribution in [0.25, 0.3) is 0 Å². The zero-order valence-corrected chi connectivity index (χ0v) is 17.8. The van der Waals surface area contributed by atoms with Gasteiger partial charge in [-0.15, -0.1) is 11.3 Å². The molecule has 0 saturated carbocycles. The first-order valence-electron chi connectivity index (χ1n) is 7.99. The minimum Gasteiger partial charge on any atom is -0.497 e. The normalized spacial score (nSPS) is 16.4. The number of hydrogen-bond donors (Lipinski definition) is 1. The third-order valence-corrected chi connectivity index (χ3v) is 7.86. The number of carbonyl (C=O) groups excluding carboxylic acids is 1. The van der Waals surface area contributed by atoms with Crippen molar-refractivity contribution in [2.24, 2.45) is 0 Å². The molecule has 1 saturated heterocycles. The van der Waals surface area contributed by atoms with Crippen LogP contribution in [0.3, 0.4) is 0 Å². The summed E-state index contributed by atoms with van der Waals surface area (Å²) in [5.74, 6) is 0.791. The second kappa shape index (κ2) is 8.20. The largest absolute Gasteiger partial charge is 0.497 e. The fourth-order valence-electron chi connectivity index (χ4n) is 3.07. The van der Waals surface area contributed by atoms with Gasteiger partial charge >= 0.3 is 0 Å². The average molecular weight is 489 g/mol. The summed E-state index contributed by atoms with van der Waals surface area (Å²) < 4.78 is 12.6. The van der Waals surface area contributed by atoms with Gasteiger partial charge in [-0.3, -0.25) is 4.79 Å². The van der Waals surface area contributed by atoms with E-state index >= 15 is 0 Å². The van der Waals surface area contributed by atoms with Gasteiger partial charge in [0, 0.05) is 29.6 Å². The first-order valence-corrected chi connectivity index (χ1v) is 10.4. The Balaban J connectivity index is 1.77. The Labute approximate surface area is 168 Å². The Morgan fingerprint density at radius 1 is 1.28 bits per heavy atom. The van der Waals surface area contributed by atoms with Gasteiger partial charge in [-0.2, -0.15) is 0 Å². The van der Waals surface area contributed by atoms with Crippen molar-refractivity contribution in [3.05, 3.63) is 49.0 Å². The molecular weight excluding hydrogens is 470 g/mol. The van der Waals surface area contributed by atoms with E-state index in [4.69, 9.17) is 9.47 Å². The van der Waals surface area contributed by atoms with Crippen molar-refractivity contribution in [2.75, 3.05) is 26.9 Å². The molecule has 0 radical (unpaired) electrons. The lowest BCUT2D eigenvalue weighted by Crippen LogP contribution is -2.44. The predicted molar refractivity (Wildman–Crippen MR) is 107 cm³/mol. The number of nitrogens with one attached hydrogen (secondary N) is 1. The maximum Gasteiger partial charge on any atom is 0.261 e. The summed E-state index contributed by atoms with van der Waals surface area (Å²) in [4.78, 5) is 13.2. The first kappa shape index (κ1) is 18.9. The summed E-state index contributed by atoms with van der Waals surface area (Å²) in [7, 11) is 1.66. The smallest absolute Gasteiger partial charge is 0.261 e. The molecule has 3 rings (SSSR count). The molecule has 0 aliphatic carbocycles. The number of methoxy groups -OCH3 is 1. The van der Waals surface area contributed by atoms with Crippen LogP contribution in [0.15, 0.2) is 38.6 Å². The van der Waals surface area contributed by atoms with Crippen LogP contribution in [0.2, 0.25) is 0 Å². The van der Waals surface area contributed by atoms with Crippen molar-refractivity contribution in [3.8, 4) is 5.75 Å². The molecule has 1 aliphatic heterocycles. The molecule has 0 spiro atoms. The van der Waals surface area contributed by atoms with E-state index < -0.39 is 0 Å². The van der Waals surface area contributed by atoms with Crippen LogP contribution in [0.1, 0.15) is 28.1 Å². The lowest BCUT2D eigenvalue weighted by Gasteiger charge is -2.38. The molecule has 1 fully saturated rings. The van der Waals surface area contributed by atoms with Gasteiger partial charge in [0.1, 0.15) is 5.75 Å².